The first-order valence-corrected chi connectivity index (χ1v) is 13.8. The lowest BCUT2D eigenvalue weighted by molar-refractivity contribution is -0.126. The molecule has 0 saturated carbocycles. The van der Waals surface area contributed by atoms with Crippen molar-refractivity contribution < 1.29 is 13.2 Å². The molecule has 4 aromatic carbocycles. The van der Waals surface area contributed by atoms with Gasteiger partial charge in [-0.2, -0.15) is 0 Å². The zero-order valence-corrected chi connectivity index (χ0v) is 22.0. The molecule has 0 unspecified atom stereocenters. The molecule has 0 spiro atoms. The van der Waals surface area contributed by atoms with Crippen LogP contribution in [0.3, 0.4) is 0 Å². The molecule has 36 heavy (non-hydrogen) atoms. The van der Waals surface area contributed by atoms with Gasteiger partial charge in [0.1, 0.15) is 0 Å². The molecule has 0 fully saturated rings. The summed E-state index contributed by atoms with van der Waals surface area (Å²) in [6, 6.07) is 33.1. The second-order valence-corrected chi connectivity index (χ2v) is 11.5. The SMILES string of the molecule is Cc1ccc(S(=O)(=O)N2C(=O)[C@H](c3ccc(Br)cc3)[C@@H](c3ccccc3)C=C2c2ccccc2)cc1. The third kappa shape index (κ3) is 4.54. The van der Waals surface area contributed by atoms with Gasteiger partial charge < -0.3 is 0 Å². The normalized spacial score (nSPS) is 18.1. The largest absolute Gasteiger partial charge is 0.273 e. The van der Waals surface area contributed by atoms with Crippen LogP contribution in [0.25, 0.3) is 5.70 Å². The van der Waals surface area contributed by atoms with Crippen molar-refractivity contribution in [3.05, 3.63) is 142 Å². The molecule has 6 heteroatoms. The van der Waals surface area contributed by atoms with Crippen molar-refractivity contribution in [1.82, 2.24) is 4.31 Å². The van der Waals surface area contributed by atoms with Gasteiger partial charge in [-0.15, -0.1) is 0 Å². The lowest BCUT2D eigenvalue weighted by Gasteiger charge is -2.37. The Balaban J connectivity index is 1.76. The van der Waals surface area contributed by atoms with E-state index >= 15 is 0 Å². The maximum Gasteiger partial charge on any atom is 0.270 e. The van der Waals surface area contributed by atoms with Crippen molar-refractivity contribution in [1.29, 1.82) is 0 Å². The number of halogens is 1. The highest BCUT2D eigenvalue weighted by molar-refractivity contribution is 9.10. The summed E-state index contributed by atoms with van der Waals surface area (Å²) in [7, 11) is -4.17. The van der Waals surface area contributed by atoms with Crippen LogP contribution in [0.4, 0.5) is 0 Å². The molecule has 0 aliphatic carbocycles. The van der Waals surface area contributed by atoms with Gasteiger partial charge in [0.15, 0.2) is 0 Å². The predicted molar refractivity (Wildman–Crippen MR) is 146 cm³/mol. The first-order chi connectivity index (χ1) is 17.4. The second kappa shape index (κ2) is 9.88. The summed E-state index contributed by atoms with van der Waals surface area (Å²) in [5, 5.41) is 0. The van der Waals surface area contributed by atoms with E-state index in [1.807, 2.05) is 97.9 Å². The van der Waals surface area contributed by atoms with E-state index in [1.54, 1.807) is 24.3 Å². The standard InChI is InChI=1S/C30H24BrNO3S/c1-21-12-18-26(19-13-21)36(34,35)32-28(23-10-6-3-7-11-23)20-27(22-8-4-2-5-9-22)29(30(32)33)24-14-16-25(31)17-15-24/h2-20,27,29H,1H3/t27-,29-/m1/s1. The number of nitrogens with zero attached hydrogens (tertiary/aromatic N) is 1. The topological polar surface area (TPSA) is 54.5 Å². The minimum absolute atomic E-state index is 0.0796. The van der Waals surface area contributed by atoms with Crippen LogP contribution in [0.5, 0.6) is 0 Å². The van der Waals surface area contributed by atoms with Crippen LogP contribution in [0.2, 0.25) is 0 Å². The fourth-order valence-corrected chi connectivity index (χ4v) is 6.33. The second-order valence-electron chi connectivity index (χ2n) is 8.80. The van der Waals surface area contributed by atoms with Gasteiger partial charge in [-0.25, -0.2) is 12.7 Å². The Bertz CT molecular complexity index is 1520. The van der Waals surface area contributed by atoms with E-state index in [0.29, 0.717) is 11.3 Å². The van der Waals surface area contributed by atoms with Crippen LogP contribution in [0.1, 0.15) is 34.1 Å². The number of amides is 1. The Morgan fingerprint density at radius 1 is 0.722 bits per heavy atom. The first kappa shape index (κ1) is 24.2. The van der Waals surface area contributed by atoms with Crippen molar-refractivity contribution in [3.8, 4) is 0 Å². The van der Waals surface area contributed by atoms with Crippen molar-refractivity contribution in [2.45, 2.75) is 23.7 Å². The quantitative estimate of drug-likeness (QED) is 0.268. The minimum Gasteiger partial charge on any atom is -0.273 e. The lowest BCUT2D eigenvalue weighted by atomic mass is 9.78. The van der Waals surface area contributed by atoms with Crippen molar-refractivity contribution >= 4 is 37.6 Å². The van der Waals surface area contributed by atoms with Gasteiger partial charge in [-0.3, -0.25) is 4.79 Å². The summed E-state index contributed by atoms with van der Waals surface area (Å²) < 4.78 is 29.9. The van der Waals surface area contributed by atoms with Crippen molar-refractivity contribution in [3.63, 3.8) is 0 Å². The van der Waals surface area contributed by atoms with Crippen LogP contribution in [0.15, 0.2) is 125 Å². The number of rotatable bonds is 5. The summed E-state index contributed by atoms with van der Waals surface area (Å²) in [4.78, 5) is 14.4. The Morgan fingerprint density at radius 2 is 1.31 bits per heavy atom. The summed E-state index contributed by atoms with van der Waals surface area (Å²) in [5.41, 5.74) is 3.67. The van der Waals surface area contributed by atoms with Crippen molar-refractivity contribution in [2.24, 2.45) is 0 Å². The van der Waals surface area contributed by atoms with Gasteiger partial charge in [0, 0.05) is 10.4 Å². The average Bonchev–Trinajstić information content (AvgIpc) is 2.90. The minimum atomic E-state index is -4.17. The summed E-state index contributed by atoms with van der Waals surface area (Å²) in [6.07, 6.45) is 1.92. The van der Waals surface area contributed by atoms with Crippen LogP contribution in [0, 0.1) is 6.92 Å². The van der Waals surface area contributed by atoms with E-state index in [0.717, 1.165) is 25.5 Å². The Hall–Kier alpha value is -3.48. The molecular weight excluding hydrogens is 534 g/mol. The lowest BCUT2D eigenvalue weighted by Crippen LogP contribution is -2.43. The molecule has 180 valence electrons. The number of hydrogen-bond donors (Lipinski definition) is 0. The van der Waals surface area contributed by atoms with Gasteiger partial charge in [-0.1, -0.05) is 112 Å². The Morgan fingerprint density at radius 3 is 1.92 bits per heavy atom. The molecule has 5 rings (SSSR count). The highest BCUT2D eigenvalue weighted by Crippen LogP contribution is 2.45. The molecule has 4 nitrogen and oxygen atoms in total. The molecule has 1 amide bonds. The molecule has 0 saturated heterocycles. The number of sulfonamides is 1. The summed E-state index contributed by atoms with van der Waals surface area (Å²) in [5.74, 6) is -1.54. The van der Waals surface area contributed by atoms with E-state index in [2.05, 4.69) is 15.9 Å². The summed E-state index contributed by atoms with van der Waals surface area (Å²) >= 11 is 3.46. The third-order valence-corrected chi connectivity index (χ3v) is 8.68. The molecule has 1 aliphatic rings. The van der Waals surface area contributed by atoms with E-state index in [-0.39, 0.29) is 10.8 Å². The van der Waals surface area contributed by atoms with Gasteiger partial charge in [0.25, 0.3) is 10.0 Å². The number of carbonyl (C=O) groups excluding carboxylic acids is 1. The zero-order chi connectivity index (χ0) is 25.3. The van der Waals surface area contributed by atoms with Gasteiger partial charge in [0.05, 0.1) is 16.5 Å². The molecule has 4 aromatic rings. The van der Waals surface area contributed by atoms with Gasteiger partial charge in [0.2, 0.25) is 5.91 Å². The Kier molecular flexibility index (Phi) is 6.65. The molecule has 0 radical (unpaired) electrons. The monoisotopic (exact) mass is 557 g/mol. The van der Waals surface area contributed by atoms with Crippen LogP contribution in [-0.2, 0) is 14.8 Å². The molecule has 1 aliphatic heterocycles. The molecule has 0 N–H and O–H groups in total. The van der Waals surface area contributed by atoms with Crippen molar-refractivity contribution in [2.75, 3.05) is 0 Å². The van der Waals surface area contributed by atoms with Gasteiger partial charge in [-0.05, 0) is 47.9 Å². The highest BCUT2D eigenvalue weighted by atomic mass is 79.9. The van der Waals surface area contributed by atoms with Crippen LogP contribution in [-0.4, -0.2) is 18.6 Å². The third-order valence-electron chi connectivity index (χ3n) is 6.42. The summed E-state index contributed by atoms with van der Waals surface area (Å²) in [6.45, 7) is 1.89. The van der Waals surface area contributed by atoms with E-state index in [4.69, 9.17) is 0 Å². The number of hydrogen-bond acceptors (Lipinski definition) is 3. The smallest absolute Gasteiger partial charge is 0.270 e. The fraction of sp³-hybridized carbons (Fsp3) is 0.100. The van der Waals surface area contributed by atoms with E-state index in [9.17, 15) is 13.2 Å². The van der Waals surface area contributed by atoms with E-state index < -0.39 is 21.8 Å². The van der Waals surface area contributed by atoms with Crippen LogP contribution < -0.4 is 0 Å². The highest BCUT2D eigenvalue weighted by Gasteiger charge is 2.44. The maximum absolute atomic E-state index is 14.4. The number of carbonyl (C=O) groups is 1. The maximum atomic E-state index is 14.4. The van der Waals surface area contributed by atoms with Crippen LogP contribution >= 0.6 is 15.9 Å². The predicted octanol–water partition coefficient (Wildman–Crippen LogP) is 6.90. The molecular formula is C30H24BrNO3S. The molecule has 2 atom stereocenters. The van der Waals surface area contributed by atoms with Gasteiger partial charge >= 0.3 is 0 Å². The molecule has 1 heterocycles. The number of aryl methyl sites for hydroxylation is 1. The fourth-order valence-electron chi connectivity index (χ4n) is 4.60. The molecule has 0 aromatic heterocycles. The zero-order valence-electron chi connectivity index (χ0n) is 19.6. The number of allylic oxidation sites excluding steroid dienone is 1. The number of benzene rings is 4. The van der Waals surface area contributed by atoms with E-state index in [1.165, 1.54) is 0 Å². The Labute approximate surface area is 220 Å². The first-order valence-electron chi connectivity index (χ1n) is 11.6. The molecule has 0 bridgehead atoms. The average molecular weight is 558 g/mol.